The number of nitrogens with one attached hydrogen (secondary N) is 4. The number of unbranched alkanes of at least 4 members (excludes halogenated alkanes) is 4. The fraction of sp³-hybridized carbons (Fsp3) is 0.424. The zero-order chi connectivity index (χ0) is 75.5. The molecule has 2 aliphatic heterocycles. The van der Waals surface area contributed by atoms with Gasteiger partial charge in [-0.05, 0) is 115 Å². The summed E-state index contributed by atoms with van der Waals surface area (Å²) in [6.07, 6.45) is 5.25. The number of para-hydroxylation sites is 2. The van der Waals surface area contributed by atoms with Gasteiger partial charge in [-0.2, -0.15) is 28.9 Å². The molecule has 12 atom stereocenters. The molecule has 7 rings (SSSR count). The molecule has 0 spiro atoms. The quantitative estimate of drug-likeness (QED) is 0.00373. The Morgan fingerprint density at radius 3 is 1.35 bits per heavy atom. The van der Waals surface area contributed by atoms with Gasteiger partial charge in [0.25, 0.3) is 0 Å². The predicted octanol–water partition coefficient (Wildman–Crippen LogP) is 10.2. The molecule has 2 fully saturated rings. The van der Waals surface area contributed by atoms with Gasteiger partial charge in [-0.15, -0.1) is 26.3 Å². The number of allylic oxidation sites excluding steroid dienone is 4. The first-order valence-corrected chi connectivity index (χ1v) is 34.7. The molecule has 2 saturated heterocycles. The van der Waals surface area contributed by atoms with Crippen LogP contribution in [-0.4, -0.2) is 132 Å². The number of hydrogen-bond donors (Lipinski definition) is 7. The number of rotatable bonds is 36. The minimum Gasteiger partial charge on any atom is -0.465 e. The van der Waals surface area contributed by atoms with Gasteiger partial charge in [0.1, 0.15) is 59.6 Å². The summed E-state index contributed by atoms with van der Waals surface area (Å²) in [5.74, 6) is -15.9. The van der Waals surface area contributed by atoms with Gasteiger partial charge in [-0.25, -0.2) is 40.7 Å². The second-order valence-corrected chi connectivity index (χ2v) is 26.2. The summed E-state index contributed by atoms with van der Waals surface area (Å²) in [6, 6.07) is 15.1. The topological polar surface area (TPSA) is 355 Å². The maximum absolute atomic E-state index is 15.8. The number of ether oxygens (including phenoxy) is 4. The first kappa shape index (κ1) is 84.0. The second kappa shape index (κ2) is 39.7. The smallest absolute Gasteiger partial charge is 0.465 e. The average Bonchev–Trinajstić information content (AvgIpc) is 1.58. The maximum Gasteiger partial charge on any atom is 0.513 e. The zero-order valence-corrected chi connectivity index (χ0v) is 57.7. The van der Waals surface area contributed by atoms with Gasteiger partial charge in [0, 0.05) is 25.2 Å². The van der Waals surface area contributed by atoms with E-state index in [1.807, 2.05) is 0 Å². The van der Waals surface area contributed by atoms with Crippen LogP contribution in [0.3, 0.4) is 0 Å². The highest BCUT2D eigenvalue weighted by Gasteiger charge is 2.57. The molecule has 102 heavy (non-hydrogen) atoms. The number of esters is 2. The van der Waals surface area contributed by atoms with Crippen molar-refractivity contribution in [1.82, 2.24) is 29.3 Å². The largest absolute Gasteiger partial charge is 0.513 e. The molecule has 27 nitrogen and oxygen atoms in total. The van der Waals surface area contributed by atoms with Crippen molar-refractivity contribution in [2.75, 3.05) is 37.1 Å². The minimum atomic E-state index is -4.93. The number of alkyl halides is 2. The van der Waals surface area contributed by atoms with Gasteiger partial charge in [0.2, 0.25) is 46.6 Å². The third-order valence-electron chi connectivity index (χ3n) is 14.7. The Morgan fingerprint density at radius 2 is 0.961 bits per heavy atom. The first-order valence-electron chi connectivity index (χ1n) is 31.6. The van der Waals surface area contributed by atoms with Crippen molar-refractivity contribution in [2.45, 2.75) is 152 Å². The van der Waals surface area contributed by atoms with E-state index in [2.05, 4.69) is 61.6 Å². The lowest BCUT2D eigenvalue weighted by molar-refractivity contribution is -0.146. The highest BCUT2D eigenvalue weighted by atomic mass is 31.2. The highest BCUT2D eigenvalue weighted by molar-refractivity contribution is 7.52. The van der Waals surface area contributed by atoms with Crippen molar-refractivity contribution in [2.24, 2.45) is 0 Å². The van der Waals surface area contributed by atoms with Crippen molar-refractivity contribution in [3.8, 4) is 17.2 Å². The van der Waals surface area contributed by atoms with Crippen LogP contribution in [0.1, 0.15) is 104 Å². The molecular weight excluding hydrogens is 1400 g/mol. The predicted molar refractivity (Wildman–Crippen MR) is 356 cm³/mol. The lowest BCUT2D eigenvalue weighted by Gasteiger charge is -2.25. The molecule has 2 aromatic heterocycles. The molecule has 2 unspecified atom stereocenters. The Bertz CT molecular complexity index is 3870. The van der Waals surface area contributed by atoms with Crippen LogP contribution in [-0.2, 0) is 51.8 Å². The Morgan fingerprint density at radius 1 is 0.588 bits per heavy atom. The number of carbonyl (C=O) groups excluding carboxylic acids is 4. The molecule has 2 aliphatic rings. The summed E-state index contributed by atoms with van der Waals surface area (Å²) in [4.78, 5) is 80.8. The molecule has 0 radical (unpaired) electrons. The van der Waals surface area contributed by atoms with Gasteiger partial charge >= 0.3 is 38.8 Å². The molecule has 558 valence electrons. The van der Waals surface area contributed by atoms with Crippen molar-refractivity contribution < 1.29 is 111 Å². The van der Waals surface area contributed by atoms with Crippen LogP contribution < -0.4 is 45.8 Å². The van der Waals surface area contributed by atoms with Gasteiger partial charge in [-0.1, -0.05) is 60.7 Å². The normalized spacial score (nSPS) is 21.5. The van der Waals surface area contributed by atoms with Crippen LogP contribution in [0.15, 0.2) is 145 Å². The lowest BCUT2D eigenvalue weighted by atomic mass is 9.98. The monoisotopic (exact) mass is 1480 g/mol. The van der Waals surface area contributed by atoms with E-state index in [-0.39, 0.29) is 61.0 Å². The summed E-state index contributed by atoms with van der Waals surface area (Å²) < 4.78 is 170. The number of nitrogens with zero attached hydrogens (tertiary/aromatic N) is 4. The van der Waals surface area contributed by atoms with Crippen molar-refractivity contribution in [1.29, 1.82) is 0 Å². The summed E-state index contributed by atoms with van der Waals surface area (Å²) in [5.41, 5.74) is -6.59. The highest BCUT2D eigenvalue weighted by Crippen LogP contribution is 2.50. The fourth-order valence-electron chi connectivity index (χ4n) is 9.25. The Hall–Kier alpha value is -8.69. The zero-order valence-electron chi connectivity index (χ0n) is 55.9. The summed E-state index contributed by atoms with van der Waals surface area (Å²) >= 11 is 0. The lowest BCUT2D eigenvalue weighted by Crippen LogP contribution is -2.43. The van der Waals surface area contributed by atoms with Gasteiger partial charge < -0.3 is 58.5 Å². The minimum absolute atomic E-state index is 0.000778. The molecule has 4 heterocycles. The number of aromatic nitrogens is 4. The SMILES string of the molecule is C=CCCCC(=O)Nc1ccn([C@@H]2O[C@H](CO)C(O)[C@]2(C)F)c(=O)n1.C=CCCCOC(=O)[C@H](C)N[P@](=O)(OC[C@H]1O[C@@H](n2ccc(NC(=O)CCCC=C)nc2=O)[C@@](C)(F)C1O)Oc1ccccc1.C=CCCCOC(=O)[C@H](C)N[P@](=O)(Oc1ccccc1)Oc1c(F)c(F)c(F)c(F)c1F. The average molecular weight is 1490 g/mol. The number of aliphatic hydroxyl groups excluding tert-OH is 3. The Balaban J connectivity index is 0.000000289. The summed E-state index contributed by atoms with van der Waals surface area (Å²) in [7, 11) is -9.29. The second-order valence-electron chi connectivity index (χ2n) is 22.9. The molecular formula is C66H81F7N8O19P2. The van der Waals surface area contributed by atoms with Gasteiger partial charge in [-0.3, -0.25) is 32.8 Å². The molecule has 36 heteroatoms. The number of benzene rings is 3. The van der Waals surface area contributed by atoms with Crippen LogP contribution in [0.5, 0.6) is 17.2 Å². The number of anilines is 2. The van der Waals surface area contributed by atoms with Crippen LogP contribution in [0.2, 0.25) is 0 Å². The van der Waals surface area contributed by atoms with Crippen LogP contribution in [0, 0.1) is 29.1 Å². The Labute approximate surface area is 581 Å². The van der Waals surface area contributed by atoms with E-state index in [0.717, 1.165) is 23.0 Å². The summed E-state index contributed by atoms with van der Waals surface area (Å²) in [5, 5.41) is 39.4. The summed E-state index contributed by atoms with van der Waals surface area (Å²) in [6.45, 7) is 17.9. The maximum atomic E-state index is 15.8. The number of amides is 2. The van der Waals surface area contributed by atoms with Crippen molar-refractivity contribution in [3.63, 3.8) is 0 Å². The van der Waals surface area contributed by atoms with Crippen LogP contribution in [0.4, 0.5) is 42.4 Å². The standard InChI is InChI=1S/C30H40FN4O9P.C20H19F5NO5P.C16H22FN3O5/c1-5-7-10-16-25(36)32-24-17-18-35(29(39)33-24)28-30(4,31)26(37)23(43-28)20-42-45(40,44-22-14-11-9-12-15-22)34-21(3)27(38)41-19-13-8-6-2;1-3-4-8-11-29-20(27)12(2)26-32(28,30-13-9-6-5-7-10-13)31-19-17(24)15(22)14(21)16(23)18(19)25;1-3-4-5-6-12(22)18-11-7-8-20(15(24)19-11)14-16(2,17)13(23)10(9-21)25-14/h5-6,9,11-12,14-15,17-18,21,23,26,28,37H,1-2,7-8,10,13,16,19-20H2,3-4H3,(H,34,40)(H,32,33,36,39);3,5-7,9-10,12H,1,4,8,11H2,2H3,(H,26,28);3,7-8,10,13-14,21,23H,1,4-6,9H2,2H3,(H,18,19,22,24)/t21-,23+,26?,28+,30-,45-;12-,32-;10-,13?,14-,16+/m001/s1. The van der Waals surface area contributed by atoms with E-state index >= 15 is 4.39 Å². The van der Waals surface area contributed by atoms with E-state index in [1.165, 1.54) is 74.8 Å². The van der Waals surface area contributed by atoms with Crippen LogP contribution in [0.25, 0.3) is 0 Å². The van der Waals surface area contributed by atoms with E-state index in [4.69, 9.17) is 37.6 Å². The molecule has 3 aromatic carbocycles. The molecule has 0 bridgehead atoms. The van der Waals surface area contributed by atoms with E-state index in [0.29, 0.717) is 51.4 Å². The molecule has 0 aliphatic carbocycles. The molecule has 2 amide bonds. The number of hydrogen-bond acceptors (Lipinski definition) is 21. The first-order chi connectivity index (χ1) is 48.3. The van der Waals surface area contributed by atoms with E-state index in [9.17, 15) is 74.5 Å². The van der Waals surface area contributed by atoms with Crippen LogP contribution >= 0.6 is 15.5 Å². The molecule has 5 aromatic rings. The van der Waals surface area contributed by atoms with Crippen molar-refractivity contribution >= 4 is 50.9 Å². The van der Waals surface area contributed by atoms with Gasteiger partial charge in [0.15, 0.2) is 23.8 Å². The molecule has 7 N–H and O–H groups in total. The third kappa shape index (κ3) is 24.0. The van der Waals surface area contributed by atoms with E-state index < -0.39 is 147 Å². The van der Waals surface area contributed by atoms with E-state index in [1.54, 1.807) is 48.6 Å². The number of halogens is 7. The molecule has 0 saturated carbocycles. The number of carbonyl (C=O) groups is 4. The number of aliphatic hydroxyl groups is 3. The third-order valence-corrected chi connectivity index (χ3v) is 17.9. The van der Waals surface area contributed by atoms with Gasteiger partial charge in [0.05, 0.1) is 26.4 Å². The Kier molecular flexibility index (Phi) is 32.6. The van der Waals surface area contributed by atoms with Crippen molar-refractivity contribution in [3.05, 3.63) is 186 Å². The fourth-order valence-corrected chi connectivity index (χ4v) is 12.3.